The molecule has 1 aromatic rings. The van der Waals surface area contributed by atoms with Gasteiger partial charge in [-0.15, -0.1) is 0 Å². The predicted octanol–water partition coefficient (Wildman–Crippen LogP) is 3.24. The first-order valence-electron chi connectivity index (χ1n) is 8.15. The number of aliphatic hydroxyl groups is 1. The molecule has 0 saturated carbocycles. The third-order valence-corrected chi connectivity index (χ3v) is 3.83. The lowest BCUT2D eigenvalue weighted by Crippen LogP contribution is -2.43. The Kier molecular flexibility index (Phi) is 7.36. The van der Waals surface area contributed by atoms with Crippen LogP contribution in [0.5, 0.6) is 5.75 Å². The number of rotatable bonds is 7. The summed E-state index contributed by atoms with van der Waals surface area (Å²) in [5.41, 5.74) is 0.779. The third-order valence-electron chi connectivity index (χ3n) is 3.83. The van der Waals surface area contributed by atoms with Crippen LogP contribution in [0.15, 0.2) is 24.3 Å². The first kappa shape index (κ1) is 19.3. The van der Waals surface area contributed by atoms with E-state index in [1.807, 2.05) is 31.2 Å². The van der Waals surface area contributed by atoms with E-state index < -0.39 is 0 Å². The second-order valence-electron chi connectivity index (χ2n) is 6.79. The maximum absolute atomic E-state index is 12.2. The van der Waals surface area contributed by atoms with Crippen molar-refractivity contribution in [3.05, 3.63) is 29.8 Å². The summed E-state index contributed by atoms with van der Waals surface area (Å²) in [4.78, 5) is 12.2. The molecule has 0 heterocycles. The van der Waals surface area contributed by atoms with Crippen molar-refractivity contribution >= 4 is 6.03 Å². The second-order valence-corrected chi connectivity index (χ2v) is 6.79. The second kappa shape index (κ2) is 8.77. The molecular weight excluding hydrogens is 292 g/mol. The molecule has 5 nitrogen and oxygen atoms in total. The Labute approximate surface area is 139 Å². The number of carbonyl (C=O) groups excluding carboxylic acids is 1. The highest BCUT2D eigenvalue weighted by Gasteiger charge is 2.30. The minimum absolute atomic E-state index is 0.172. The fourth-order valence-electron chi connectivity index (χ4n) is 2.40. The fraction of sp³-hybridized carbons (Fsp3) is 0.611. The summed E-state index contributed by atoms with van der Waals surface area (Å²) in [7, 11) is 1.63. The summed E-state index contributed by atoms with van der Waals surface area (Å²) in [6.45, 7) is 8.59. The van der Waals surface area contributed by atoms with Gasteiger partial charge in [-0.25, -0.2) is 4.79 Å². The normalized spacial score (nSPS) is 14.0. The van der Waals surface area contributed by atoms with Gasteiger partial charge in [0.2, 0.25) is 0 Å². The smallest absolute Gasteiger partial charge is 0.315 e. The zero-order valence-corrected chi connectivity index (χ0v) is 14.8. The molecule has 2 amide bonds. The fourth-order valence-corrected chi connectivity index (χ4v) is 2.40. The van der Waals surface area contributed by atoms with Gasteiger partial charge in [-0.05, 0) is 24.3 Å². The Morgan fingerprint density at radius 2 is 1.96 bits per heavy atom. The van der Waals surface area contributed by atoms with Gasteiger partial charge in [0.05, 0.1) is 19.3 Å². The Morgan fingerprint density at radius 3 is 2.52 bits per heavy atom. The number of hydrogen-bond acceptors (Lipinski definition) is 3. The van der Waals surface area contributed by atoms with Gasteiger partial charge >= 0.3 is 6.03 Å². The van der Waals surface area contributed by atoms with Crippen molar-refractivity contribution in [2.45, 2.75) is 52.7 Å². The summed E-state index contributed by atoms with van der Waals surface area (Å²) < 4.78 is 5.43. The molecule has 0 saturated heterocycles. The quantitative estimate of drug-likeness (QED) is 0.722. The van der Waals surface area contributed by atoms with Crippen LogP contribution >= 0.6 is 0 Å². The number of amides is 2. The van der Waals surface area contributed by atoms with E-state index in [1.165, 1.54) is 0 Å². The summed E-state index contributed by atoms with van der Waals surface area (Å²) in [6.07, 6.45) is 0.872. The van der Waals surface area contributed by atoms with E-state index in [0.29, 0.717) is 19.4 Å². The Balaban J connectivity index is 2.78. The third kappa shape index (κ3) is 6.10. The van der Waals surface area contributed by atoms with Crippen molar-refractivity contribution in [1.82, 2.24) is 10.6 Å². The maximum Gasteiger partial charge on any atom is 0.315 e. The van der Waals surface area contributed by atoms with Gasteiger partial charge in [-0.2, -0.15) is 0 Å². The molecule has 0 spiro atoms. The number of ether oxygens (including phenoxy) is 1. The van der Waals surface area contributed by atoms with Crippen LogP contribution in [-0.2, 0) is 0 Å². The molecule has 1 aromatic carbocycles. The molecule has 0 bridgehead atoms. The van der Waals surface area contributed by atoms with Crippen LogP contribution in [0.4, 0.5) is 4.79 Å². The van der Waals surface area contributed by atoms with Crippen molar-refractivity contribution in [2.75, 3.05) is 13.7 Å². The lowest BCUT2D eigenvalue weighted by Gasteiger charge is -2.32. The van der Waals surface area contributed by atoms with Crippen LogP contribution in [-0.4, -0.2) is 30.9 Å². The number of aliphatic hydroxyl groups excluding tert-OH is 1. The van der Waals surface area contributed by atoms with Crippen molar-refractivity contribution < 1.29 is 14.6 Å². The molecule has 0 aliphatic carbocycles. The Bertz CT molecular complexity index is 497. The molecule has 23 heavy (non-hydrogen) atoms. The summed E-state index contributed by atoms with van der Waals surface area (Å²) in [6, 6.07) is 7.29. The lowest BCUT2D eigenvalue weighted by atomic mass is 9.82. The van der Waals surface area contributed by atoms with Crippen molar-refractivity contribution in [3.63, 3.8) is 0 Å². The van der Waals surface area contributed by atoms with Gasteiger partial charge in [-0.1, -0.05) is 45.9 Å². The summed E-state index contributed by atoms with van der Waals surface area (Å²) in [5.74, 6) is 0.758. The number of urea groups is 1. The van der Waals surface area contributed by atoms with Crippen LogP contribution in [0.2, 0.25) is 0 Å². The number of hydrogen-bond donors (Lipinski definition) is 3. The van der Waals surface area contributed by atoms with Crippen LogP contribution in [0.25, 0.3) is 0 Å². The standard InChI is InChI=1S/C18H30N2O3/c1-6-13(21)11-12-19-17(22)20-16(18(2,3)4)14-9-7-8-10-15(14)23-5/h7-10,13,16,21H,6,11-12H2,1-5H3,(H2,19,20,22). The van der Waals surface area contributed by atoms with Crippen molar-refractivity contribution in [1.29, 1.82) is 0 Å². The van der Waals surface area contributed by atoms with E-state index in [2.05, 4.69) is 31.4 Å². The molecule has 0 aromatic heterocycles. The topological polar surface area (TPSA) is 70.6 Å². The van der Waals surface area contributed by atoms with Gasteiger partial charge in [0, 0.05) is 12.1 Å². The lowest BCUT2D eigenvalue weighted by molar-refractivity contribution is 0.159. The average molecular weight is 322 g/mol. The molecule has 0 fully saturated rings. The van der Waals surface area contributed by atoms with Gasteiger partial charge in [-0.3, -0.25) is 0 Å². The highest BCUT2D eigenvalue weighted by atomic mass is 16.5. The number of carbonyl (C=O) groups is 1. The minimum atomic E-state index is -0.372. The zero-order chi connectivity index (χ0) is 17.5. The molecule has 0 aliphatic rings. The van der Waals surface area contributed by atoms with E-state index in [1.54, 1.807) is 7.11 Å². The zero-order valence-electron chi connectivity index (χ0n) is 14.8. The molecule has 5 heteroatoms. The molecule has 2 atom stereocenters. The summed E-state index contributed by atoms with van der Waals surface area (Å²) >= 11 is 0. The molecule has 1 rings (SSSR count). The van der Waals surface area contributed by atoms with Crippen molar-refractivity contribution in [3.8, 4) is 5.75 Å². The number of para-hydroxylation sites is 1. The Hall–Kier alpha value is -1.75. The SMILES string of the molecule is CCC(O)CCNC(=O)NC(c1ccccc1OC)C(C)(C)C. The maximum atomic E-state index is 12.2. The first-order valence-corrected chi connectivity index (χ1v) is 8.15. The predicted molar refractivity (Wildman–Crippen MR) is 92.6 cm³/mol. The van der Waals surface area contributed by atoms with Crippen LogP contribution in [0.3, 0.4) is 0 Å². The van der Waals surface area contributed by atoms with Gasteiger partial charge < -0.3 is 20.5 Å². The van der Waals surface area contributed by atoms with Gasteiger partial charge in [0.1, 0.15) is 5.75 Å². The highest BCUT2D eigenvalue weighted by molar-refractivity contribution is 5.74. The van der Waals surface area contributed by atoms with E-state index >= 15 is 0 Å². The van der Waals surface area contributed by atoms with E-state index in [-0.39, 0.29) is 23.6 Å². The first-order chi connectivity index (χ1) is 10.8. The molecule has 0 aliphatic heterocycles. The highest BCUT2D eigenvalue weighted by Crippen LogP contribution is 2.37. The van der Waals surface area contributed by atoms with E-state index in [4.69, 9.17) is 4.74 Å². The van der Waals surface area contributed by atoms with Crippen LogP contribution in [0.1, 0.15) is 52.1 Å². The van der Waals surface area contributed by atoms with Crippen LogP contribution in [0, 0.1) is 5.41 Å². The van der Waals surface area contributed by atoms with Gasteiger partial charge in [0.25, 0.3) is 0 Å². The number of benzene rings is 1. The molecule has 3 N–H and O–H groups in total. The largest absolute Gasteiger partial charge is 0.496 e. The monoisotopic (exact) mass is 322 g/mol. The van der Waals surface area contributed by atoms with E-state index in [0.717, 1.165) is 11.3 Å². The van der Waals surface area contributed by atoms with Crippen LogP contribution < -0.4 is 15.4 Å². The molecule has 2 unspecified atom stereocenters. The summed E-state index contributed by atoms with van der Waals surface area (Å²) in [5, 5.41) is 15.4. The van der Waals surface area contributed by atoms with E-state index in [9.17, 15) is 9.90 Å². The molecule has 130 valence electrons. The van der Waals surface area contributed by atoms with Gasteiger partial charge in [0.15, 0.2) is 0 Å². The molecular formula is C18H30N2O3. The molecule has 0 radical (unpaired) electrons. The number of nitrogens with one attached hydrogen (secondary N) is 2. The number of methoxy groups -OCH3 is 1. The minimum Gasteiger partial charge on any atom is -0.496 e. The Morgan fingerprint density at radius 1 is 1.30 bits per heavy atom. The van der Waals surface area contributed by atoms with Crippen molar-refractivity contribution in [2.24, 2.45) is 5.41 Å². The average Bonchev–Trinajstić information content (AvgIpc) is 2.51.